The highest BCUT2D eigenvalue weighted by molar-refractivity contribution is 5.94. The number of rotatable bonds is 4. The van der Waals surface area contributed by atoms with Crippen LogP contribution in [0.15, 0.2) is 54.6 Å². The predicted molar refractivity (Wildman–Crippen MR) is 93.1 cm³/mol. The molecule has 0 aromatic heterocycles. The first-order valence-corrected chi connectivity index (χ1v) is 8.23. The van der Waals surface area contributed by atoms with E-state index < -0.39 is 6.04 Å². The third-order valence-electron chi connectivity index (χ3n) is 4.60. The van der Waals surface area contributed by atoms with E-state index in [0.29, 0.717) is 13.1 Å². The zero-order chi connectivity index (χ0) is 17.1. The van der Waals surface area contributed by atoms with Crippen molar-refractivity contribution in [3.63, 3.8) is 0 Å². The van der Waals surface area contributed by atoms with E-state index in [4.69, 9.17) is 0 Å². The van der Waals surface area contributed by atoms with E-state index in [-0.39, 0.29) is 18.4 Å². The Balaban J connectivity index is 1.74. The van der Waals surface area contributed by atoms with Crippen LogP contribution in [0.2, 0.25) is 0 Å². The quantitative estimate of drug-likeness (QED) is 0.868. The molecule has 0 radical (unpaired) electrons. The van der Waals surface area contributed by atoms with Crippen molar-refractivity contribution in [2.45, 2.75) is 33.0 Å². The van der Waals surface area contributed by atoms with Crippen LogP contribution in [0, 0.1) is 6.92 Å². The molecule has 2 amide bonds. The lowest BCUT2D eigenvalue weighted by Gasteiger charge is -2.39. The van der Waals surface area contributed by atoms with Crippen molar-refractivity contribution in [2.24, 2.45) is 0 Å². The summed E-state index contributed by atoms with van der Waals surface area (Å²) in [6.45, 7) is 4.95. The topological polar surface area (TPSA) is 40.6 Å². The summed E-state index contributed by atoms with van der Waals surface area (Å²) >= 11 is 0. The normalized spacial score (nSPS) is 18.2. The molecule has 1 heterocycles. The van der Waals surface area contributed by atoms with Gasteiger partial charge in [-0.25, -0.2) is 0 Å². The second kappa shape index (κ2) is 6.87. The maximum Gasteiger partial charge on any atom is 0.245 e. The van der Waals surface area contributed by atoms with Gasteiger partial charge >= 0.3 is 0 Å². The second-order valence-electron chi connectivity index (χ2n) is 6.30. The number of hydrogen-bond acceptors (Lipinski definition) is 2. The summed E-state index contributed by atoms with van der Waals surface area (Å²) in [5.41, 5.74) is 3.26. The number of carbonyl (C=O) groups is 2. The molecule has 2 aromatic rings. The van der Waals surface area contributed by atoms with Gasteiger partial charge in [0, 0.05) is 13.1 Å². The van der Waals surface area contributed by atoms with Gasteiger partial charge in [0.05, 0.1) is 0 Å². The monoisotopic (exact) mass is 322 g/mol. The van der Waals surface area contributed by atoms with Crippen LogP contribution in [-0.4, -0.2) is 34.2 Å². The minimum absolute atomic E-state index is 0.00119. The van der Waals surface area contributed by atoms with Crippen molar-refractivity contribution in [2.75, 3.05) is 6.54 Å². The zero-order valence-corrected chi connectivity index (χ0v) is 14.1. The standard InChI is InChI=1S/C20H22N2O2/c1-15-8-6-7-11-18(15)13-22-16(2)20(24)21(14-19(22)23)12-17-9-4-3-5-10-17/h3-11,16H,12-14H2,1-2H3/t16-/m0/s1. The Hall–Kier alpha value is -2.62. The van der Waals surface area contributed by atoms with E-state index in [2.05, 4.69) is 0 Å². The molecular weight excluding hydrogens is 300 g/mol. The van der Waals surface area contributed by atoms with Gasteiger partial charge in [-0.1, -0.05) is 54.6 Å². The van der Waals surface area contributed by atoms with Gasteiger partial charge in [-0.2, -0.15) is 0 Å². The highest BCUT2D eigenvalue weighted by Gasteiger charge is 2.36. The average Bonchev–Trinajstić information content (AvgIpc) is 2.59. The number of hydrogen-bond donors (Lipinski definition) is 0. The third kappa shape index (κ3) is 3.32. The lowest BCUT2D eigenvalue weighted by molar-refractivity contribution is -0.156. The van der Waals surface area contributed by atoms with E-state index in [1.54, 1.807) is 9.80 Å². The molecule has 1 saturated heterocycles. The van der Waals surface area contributed by atoms with Crippen molar-refractivity contribution >= 4 is 11.8 Å². The fourth-order valence-electron chi connectivity index (χ4n) is 3.08. The molecule has 24 heavy (non-hydrogen) atoms. The number of amides is 2. The lowest BCUT2D eigenvalue weighted by Crippen LogP contribution is -2.58. The number of carbonyl (C=O) groups excluding carboxylic acids is 2. The Morgan fingerprint density at radius 2 is 1.62 bits per heavy atom. The van der Waals surface area contributed by atoms with Gasteiger partial charge in [-0.3, -0.25) is 9.59 Å². The SMILES string of the molecule is Cc1ccccc1CN1C(=O)CN(Cc2ccccc2)C(=O)[C@@H]1C. The average molecular weight is 322 g/mol. The summed E-state index contributed by atoms with van der Waals surface area (Å²) in [4.78, 5) is 28.6. The van der Waals surface area contributed by atoms with Crippen molar-refractivity contribution in [3.05, 3.63) is 71.3 Å². The lowest BCUT2D eigenvalue weighted by atomic mass is 10.1. The molecule has 0 aliphatic carbocycles. The maximum absolute atomic E-state index is 12.7. The molecule has 0 saturated carbocycles. The fourth-order valence-corrected chi connectivity index (χ4v) is 3.08. The van der Waals surface area contributed by atoms with Gasteiger partial charge in [0.15, 0.2) is 0 Å². The van der Waals surface area contributed by atoms with Gasteiger partial charge in [0.2, 0.25) is 11.8 Å². The summed E-state index contributed by atoms with van der Waals surface area (Å²) in [6, 6.07) is 17.3. The van der Waals surface area contributed by atoms with Gasteiger partial charge < -0.3 is 9.80 Å². The number of aryl methyl sites for hydroxylation is 1. The smallest absolute Gasteiger partial charge is 0.245 e. The first-order chi connectivity index (χ1) is 11.6. The largest absolute Gasteiger partial charge is 0.327 e. The highest BCUT2D eigenvalue weighted by Crippen LogP contribution is 2.19. The van der Waals surface area contributed by atoms with E-state index in [9.17, 15) is 9.59 Å². The number of piperazine rings is 1. The molecule has 1 aliphatic heterocycles. The Kier molecular flexibility index (Phi) is 4.65. The fraction of sp³-hybridized carbons (Fsp3) is 0.300. The van der Waals surface area contributed by atoms with Crippen LogP contribution in [0.25, 0.3) is 0 Å². The molecule has 4 heteroatoms. The van der Waals surface area contributed by atoms with E-state index >= 15 is 0 Å². The van der Waals surface area contributed by atoms with Crippen LogP contribution in [0.3, 0.4) is 0 Å². The Labute approximate surface area is 142 Å². The first kappa shape index (κ1) is 16.2. The molecule has 4 nitrogen and oxygen atoms in total. The van der Waals surface area contributed by atoms with Crippen LogP contribution in [0.1, 0.15) is 23.6 Å². The summed E-state index contributed by atoms with van der Waals surface area (Å²) in [5, 5.41) is 0. The molecular formula is C20H22N2O2. The second-order valence-corrected chi connectivity index (χ2v) is 6.30. The number of benzene rings is 2. The summed E-state index contributed by atoms with van der Waals surface area (Å²) < 4.78 is 0. The Bertz CT molecular complexity index is 742. The molecule has 0 bridgehead atoms. The van der Waals surface area contributed by atoms with Gasteiger partial charge in [-0.15, -0.1) is 0 Å². The van der Waals surface area contributed by atoms with E-state index in [1.165, 1.54) is 0 Å². The predicted octanol–water partition coefficient (Wildman–Crippen LogP) is 2.75. The van der Waals surface area contributed by atoms with Crippen LogP contribution in [0.5, 0.6) is 0 Å². The summed E-state index contributed by atoms with van der Waals surface area (Å²) in [6.07, 6.45) is 0. The molecule has 0 spiro atoms. The zero-order valence-electron chi connectivity index (χ0n) is 14.1. The Morgan fingerprint density at radius 3 is 2.33 bits per heavy atom. The van der Waals surface area contributed by atoms with E-state index in [0.717, 1.165) is 16.7 Å². The van der Waals surface area contributed by atoms with Crippen molar-refractivity contribution in [3.8, 4) is 0 Å². The van der Waals surface area contributed by atoms with Gasteiger partial charge in [0.25, 0.3) is 0 Å². The van der Waals surface area contributed by atoms with Crippen molar-refractivity contribution in [1.29, 1.82) is 0 Å². The molecule has 0 N–H and O–H groups in total. The van der Waals surface area contributed by atoms with Gasteiger partial charge in [-0.05, 0) is 30.5 Å². The minimum Gasteiger partial charge on any atom is -0.327 e. The summed E-state index contributed by atoms with van der Waals surface area (Å²) in [7, 11) is 0. The van der Waals surface area contributed by atoms with Crippen LogP contribution < -0.4 is 0 Å². The first-order valence-electron chi connectivity index (χ1n) is 8.23. The molecule has 0 unspecified atom stereocenters. The Morgan fingerprint density at radius 1 is 0.958 bits per heavy atom. The molecule has 2 aromatic carbocycles. The van der Waals surface area contributed by atoms with Gasteiger partial charge in [0.1, 0.15) is 12.6 Å². The van der Waals surface area contributed by atoms with Crippen LogP contribution >= 0.6 is 0 Å². The maximum atomic E-state index is 12.7. The van der Waals surface area contributed by atoms with Crippen molar-refractivity contribution in [1.82, 2.24) is 9.80 Å². The molecule has 1 atom stereocenters. The van der Waals surface area contributed by atoms with Crippen LogP contribution in [0.4, 0.5) is 0 Å². The van der Waals surface area contributed by atoms with Crippen molar-refractivity contribution < 1.29 is 9.59 Å². The molecule has 124 valence electrons. The molecule has 1 fully saturated rings. The minimum atomic E-state index is -0.436. The highest BCUT2D eigenvalue weighted by atomic mass is 16.2. The van der Waals surface area contributed by atoms with Crippen LogP contribution in [-0.2, 0) is 22.7 Å². The molecule has 3 rings (SSSR count). The summed E-state index contributed by atoms with van der Waals surface area (Å²) in [5.74, 6) is 0.00771. The third-order valence-corrected chi connectivity index (χ3v) is 4.60. The number of nitrogens with zero attached hydrogens (tertiary/aromatic N) is 2. The van der Waals surface area contributed by atoms with E-state index in [1.807, 2.05) is 68.4 Å². The molecule has 1 aliphatic rings.